The standard InChI is InChI=1S/C21H21N3O4S2/c1-2-27-10-9-23-20(26)12-3-6-14(7-4-12)28-21-16-15(18(29-21)19(22)25)8-5-13-11-24-30-17(13)16/h3-4,6-7,11H,2,5,8-10H2,1H3,(H2,22,25)(H,23,26). The van der Waals surface area contributed by atoms with E-state index in [9.17, 15) is 9.59 Å². The monoisotopic (exact) mass is 443 g/mol. The molecule has 0 saturated heterocycles. The van der Waals surface area contributed by atoms with Crippen molar-refractivity contribution < 1.29 is 19.1 Å². The summed E-state index contributed by atoms with van der Waals surface area (Å²) in [6, 6.07) is 6.89. The number of primary amides is 1. The first-order chi connectivity index (χ1) is 14.6. The largest absolute Gasteiger partial charge is 0.446 e. The van der Waals surface area contributed by atoms with Gasteiger partial charge in [-0.3, -0.25) is 9.59 Å². The van der Waals surface area contributed by atoms with Gasteiger partial charge in [0.1, 0.15) is 5.75 Å². The van der Waals surface area contributed by atoms with Crippen molar-refractivity contribution in [3.63, 3.8) is 0 Å². The maximum Gasteiger partial charge on any atom is 0.259 e. The summed E-state index contributed by atoms with van der Waals surface area (Å²) in [4.78, 5) is 25.7. The van der Waals surface area contributed by atoms with Crippen molar-refractivity contribution >= 4 is 34.7 Å². The summed E-state index contributed by atoms with van der Waals surface area (Å²) < 4.78 is 15.6. The van der Waals surface area contributed by atoms with Crippen LogP contribution in [-0.4, -0.2) is 35.9 Å². The number of aromatic nitrogens is 1. The predicted molar refractivity (Wildman–Crippen MR) is 117 cm³/mol. The van der Waals surface area contributed by atoms with E-state index in [0.717, 1.165) is 34.4 Å². The van der Waals surface area contributed by atoms with Crippen molar-refractivity contribution in [1.29, 1.82) is 0 Å². The lowest BCUT2D eigenvalue weighted by molar-refractivity contribution is 0.0922. The Kier molecular flexibility index (Phi) is 6.12. The number of carbonyl (C=O) groups excluding carboxylic acids is 2. The first-order valence-electron chi connectivity index (χ1n) is 9.61. The molecule has 7 nitrogen and oxygen atoms in total. The molecule has 0 spiro atoms. The fourth-order valence-electron chi connectivity index (χ4n) is 3.35. The van der Waals surface area contributed by atoms with Gasteiger partial charge in [0.15, 0.2) is 5.06 Å². The lowest BCUT2D eigenvalue weighted by Gasteiger charge is -2.14. The minimum Gasteiger partial charge on any atom is -0.446 e. The zero-order chi connectivity index (χ0) is 21.1. The van der Waals surface area contributed by atoms with E-state index in [0.29, 0.717) is 41.0 Å². The Morgan fingerprint density at radius 2 is 2.03 bits per heavy atom. The van der Waals surface area contributed by atoms with Crippen LogP contribution in [0.2, 0.25) is 0 Å². The number of ether oxygens (including phenoxy) is 2. The van der Waals surface area contributed by atoms with E-state index in [1.165, 1.54) is 22.9 Å². The quantitative estimate of drug-likeness (QED) is 0.518. The first-order valence-corrected chi connectivity index (χ1v) is 11.2. The molecule has 1 aliphatic rings. The Morgan fingerprint density at radius 3 is 2.77 bits per heavy atom. The van der Waals surface area contributed by atoms with E-state index in [4.69, 9.17) is 15.2 Å². The van der Waals surface area contributed by atoms with Gasteiger partial charge in [0, 0.05) is 24.9 Å². The number of hydrogen-bond acceptors (Lipinski definition) is 7. The molecule has 0 aliphatic heterocycles. The van der Waals surface area contributed by atoms with Crippen molar-refractivity contribution in [2.75, 3.05) is 19.8 Å². The van der Waals surface area contributed by atoms with E-state index in [-0.39, 0.29) is 5.91 Å². The van der Waals surface area contributed by atoms with Crippen LogP contribution >= 0.6 is 22.9 Å². The fourth-order valence-corrected chi connectivity index (χ4v) is 5.36. The molecule has 1 aliphatic carbocycles. The molecule has 0 bridgehead atoms. The molecule has 3 N–H and O–H groups in total. The molecule has 0 saturated carbocycles. The normalized spacial score (nSPS) is 12.2. The van der Waals surface area contributed by atoms with Crippen molar-refractivity contribution in [3.8, 4) is 21.3 Å². The Morgan fingerprint density at radius 1 is 1.23 bits per heavy atom. The third-order valence-electron chi connectivity index (χ3n) is 4.78. The van der Waals surface area contributed by atoms with Gasteiger partial charge < -0.3 is 20.5 Å². The highest BCUT2D eigenvalue weighted by Gasteiger charge is 2.30. The van der Waals surface area contributed by atoms with Crippen LogP contribution in [0.15, 0.2) is 30.5 Å². The van der Waals surface area contributed by atoms with Crippen LogP contribution in [-0.2, 0) is 17.6 Å². The smallest absolute Gasteiger partial charge is 0.259 e. The van der Waals surface area contributed by atoms with Gasteiger partial charge in [0.2, 0.25) is 0 Å². The van der Waals surface area contributed by atoms with Gasteiger partial charge >= 0.3 is 0 Å². The summed E-state index contributed by atoms with van der Waals surface area (Å²) in [5.41, 5.74) is 9.14. The minimum atomic E-state index is -0.446. The number of nitrogens with two attached hydrogens (primary N) is 1. The maximum absolute atomic E-state index is 12.2. The van der Waals surface area contributed by atoms with Gasteiger partial charge in [0.25, 0.3) is 11.8 Å². The van der Waals surface area contributed by atoms with Gasteiger partial charge in [-0.1, -0.05) is 11.3 Å². The second kappa shape index (κ2) is 8.95. The molecule has 4 rings (SSSR count). The summed E-state index contributed by atoms with van der Waals surface area (Å²) in [6.07, 6.45) is 3.44. The fraction of sp³-hybridized carbons (Fsp3) is 0.286. The molecule has 9 heteroatoms. The number of nitrogens with one attached hydrogen (secondary N) is 1. The summed E-state index contributed by atoms with van der Waals surface area (Å²) in [5.74, 6) is -0.0317. The van der Waals surface area contributed by atoms with E-state index < -0.39 is 5.91 Å². The molecular formula is C21H21N3O4S2. The summed E-state index contributed by atoms with van der Waals surface area (Å²) in [5, 5.41) is 3.43. The van der Waals surface area contributed by atoms with Crippen LogP contribution in [0.5, 0.6) is 10.8 Å². The van der Waals surface area contributed by atoms with Gasteiger partial charge in [-0.25, -0.2) is 4.37 Å². The lowest BCUT2D eigenvalue weighted by Crippen LogP contribution is -2.27. The third-order valence-corrected chi connectivity index (χ3v) is 6.76. The average Bonchev–Trinajstić information content (AvgIpc) is 3.36. The zero-order valence-corrected chi connectivity index (χ0v) is 18.0. The number of hydrogen-bond donors (Lipinski definition) is 2. The van der Waals surface area contributed by atoms with Crippen molar-refractivity contribution in [3.05, 3.63) is 52.0 Å². The average molecular weight is 444 g/mol. The highest BCUT2D eigenvalue weighted by molar-refractivity contribution is 7.17. The Labute approximate surface area is 182 Å². The summed E-state index contributed by atoms with van der Waals surface area (Å²) in [7, 11) is 0. The molecular weight excluding hydrogens is 422 g/mol. The Balaban J connectivity index is 1.54. The van der Waals surface area contributed by atoms with Crippen LogP contribution in [0, 0.1) is 0 Å². The Bertz CT molecular complexity index is 1070. The van der Waals surface area contributed by atoms with Crippen LogP contribution in [0.1, 0.15) is 38.1 Å². The minimum absolute atomic E-state index is 0.167. The molecule has 2 aromatic heterocycles. The first kappa shape index (κ1) is 20.5. The molecule has 0 atom stereocenters. The van der Waals surface area contributed by atoms with Crippen LogP contribution in [0.4, 0.5) is 0 Å². The van der Waals surface area contributed by atoms with E-state index in [1.54, 1.807) is 24.3 Å². The van der Waals surface area contributed by atoms with E-state index >= 15 is 0 Å². The number of aryl methyl sites for hydroxylation is 1. The molecule has 30 heavy (non-hydrogen) atoms. The maximum atomic E-state index is 12.2. The molecule has 156 valence electrons. The number of thiophene rings is 1. The van der Waals surface area contributed by atoms with Gasteiger partial charge in [0.05, 0.1) is 21.9 Å². The van der Waals surface area contributed by atoms with Crippen LogP contribution in [0.25, 0.3) is 10.4 Å². The van der Waals surface area contributed by atoms with Gasteiger partial charge in [-0.15, -0.1) is 0 Å². The molecule has 0 unspecified atom stereocenters. The highest BCUT2D eigenvalue weighted by Crippen LogP contribution is 2.49. The summed E-state index contributed by atoms with van der Waals surface area (Å²) in [6.45, 7) is 3.47. The molecule has 3 aromatic rings. The second-order valence-corrected chi connectivity index (χ2v) is 8.48. The van der Waals surface area contributed by atoms with Crippen molar-refractivity contribution in [2.24, 2.45) is 5.73 Å². The van der Waals surface area contributed by atoms with Crippen LogP contribution in [0.3, 0.4) is 0 Å². The SMILES string of the molecule is CCOCCNC(=O)c1ccc(Oc2sc(C(N)=O)c3c2-c2sncc2CC3)cc1. The number of rotatable bonds is 8. The molecule has 1 aromatic carbocycles. The summed E-state index contributed by atoms with van der Waals surface area (Å²) >= 11 is 2.66. The van der Waals surface area contributed by atoms with Crippen molar-refractivity contribution in [2.45, 2.75) is 19.8 Å². The topological polar surface area (TPSA) is 104 Å². The number of amides is 2. The molecule has 0 fully saturated rings. The van der Waals surface area contributed by atoms with Gasteiger partial charge in [-0.05, 0) is 66.7 Å². The number of benzene rings is 1. The highest BCUT2D eigenvalue weighted by atomic mass is 32.1. The number of nitrogens with zero attached hydrogens (tertiary/aromatic N) is 1. The van der Waals surface area contributed by atoms with Crippen molar-refractivity contribution in [1.82, 2.24) is 9.69 Å². The Hall–Kier alpha value is -2.75. The number of carbonyl (C=O) groups is 2. The lowest BCUT2D eigenvalue weighted by atomic mass is 9.93. The molecule has 2 amide bonds. The van der Waals surface area contributed by atoms with Crippen LogP contribution < -0.4 is 15.8 Å². The predicted octanol–water partition coefficient (Wildman–Crippen LogP) is 3.63. The number of fused-ring (bicyclic) bond motifs is 3. The molecule has 2 heterocycles. The van der Waals surface area contributed by atoms with E-state index in [2.05, 4.69) is 9.69 Å². The second-order valence-electron chi connectivity index (χ2n) is 6.70. The van der Waals surface area contributed by atoms with E-state index in [1.807, 2.05) is 13.1 Å². The third kappa shape index (κ3) is 4.09. The molecule has 0 radical (unpaired) electrons. The van der Waals surface area contributed by atoms with Gasteiger partial charge in [-0.2, -0.15) is 0 Å². The zero-order valence-electron chi connectivity index (χ0n) is 16.4.